The fourth-order valence-electron chi connectivity index (χ4n) is 4.81. The molecule has 3 aliphatic rings. The van der Waals surface area contributed by atoms with Crippen molar-refractivity contribution in [2.24, 2.45) is 11.1 Å². The van der Waals surface area contributed by atoms with E-state index >= 15 is 0 Å². The van der Waals surface area contributed by atoms with E-state index in [1.807, 2.05) is 12.1 Å². The van der Waals surface area contributed by atoms with Gasteiger partial charge in [-0.05, 0) is 43.2 Å². The first-order chi connectivity index (χ1) is 13.1. The molecule has 0 bridgehead atoms. The zero-order chi connectivity index (χ0) is 18.6. The Bertz CT molecular complexity index is 986. The normalized spacial score (nSPS) is 21.8. The third-order valence-corrected chi connectivity index (χ3v) is 6.72. The van der Waals surface area contributed by atoms with Crippen LogP contribution in [0.1, 0.15) is 37.7 Å². The molecular formula is C20H24N6O. The van der Waals surface area contributed by atoms with E-state index < -0.39 is 0 Å². The molecule has 1 aliphatic carbocycles. The minimum Gasteiger partial charge on any atom is -0.368 e. The third kappa shape index (κ3) is 2.59. The monoisotopic (exact) mass is 364 g/mol. The van der Waals surface area contributed by atoms with Crippen molar-refractivity contribution in [3.05, 3.63) is 28.0 Å². The van der Waals surface area contributed by atoms with Crippen LogP contribution in [0.3, 0.4) is 0 Å². The zero-order valence-corrected chi connectivity index (χ0v) is 15.4. The maximum atomic E-state index is 12.5. The number of nitriles is 1. The van der Waals surface area contributed by atoms with Gasteiger partial charge < -0.3 is 20.5 Å². The summed E-state index contributed by atoms with van der Waals surface area (Å²) in [5, 5.41) is 9.67. The highest BCUT2D eigenvalue weighted by molar-refractivity contribution is 5.92. The van der Waals surface area contributed by atoms with Gasteiger partial charge in [0.15, 0.2) is 0 Å². The smallest absolute Gasteiger partial charge is 0.268 e. The van der Waals surface area contributed by atoms with E-state index in [9.17, 15) is 10.1 Å². The second-order valence-corrected chi connectivity index (χ2v) is 8.36. The van der Waals surface area contributed by atoms with E-state index in [0.717, 1.165) is 44.8 Å². The van der Waals surface area contributed by atoms with E-state index in [1.165, 1.54) is 19.3 Å². The molecule has 4 heterocycles. The van der Waals surface area contributed by atoms with Crippen LogP contribution in [0.2, 0.25) is 0 Å². The van der Waals surface area contributed by atoms with Gasteiger partial charge in [0.25, 0.3) is 5.56 Å². The second kappa shape index (κ2) is 5.96. The molecule has 0 amide bonds. The Kier molecular flexibility index (Phi) is 3.66. The summed E-state index contributed by atoms with van der Waals surface area (Å²) in [7, 11) is 0. The number of anilines is 2. The first-order valence-corrected chi connectivity index (χ1v) is 9.81. The number of nitrogens with two attached hydrogens (primary N) is 1. The molecule has 0 unspecified atom stereocenters. The number of pyridine rings is 2. The van der Waals surface area contributed by atoms with Crippen LogP contribution in [0.4, 0.5) is 11.5 Å². The molecule has 0 aromatic carbocycles. The summed E-state index contributed by atoms with van der Waals surface area (Å²) in [5.74, 6) is 0.855. The van der Waals surface area contributed by atoms with E-state index in [4.69, 9.17) is 10.7 Å². The maximum Gasteiger partial charge on any atom is 0.268 e. The van der Waals surface area contributed by atoms with Gasteiger partial charge in [0.1, 0.15) is 23.0 Å². The van der Waals surface area contributed by atoms with Gasteiger partial charge in [0, 0.05) is 32.2 Å². The molecule has 1 spiro atoms. The van der Waals surface area contributed by atoms with Crippen molar-refractivity contribution in [1.29, 1.82) is 5.26 Å². The fourth-order valence-corrected chi connectivity index (χ4v) is 4.81. The fraction of sp³-hybridized carbons (Fsp3) is 0.550. The molecule has 0 atom stereocenters. The molecule has 2 aromatic heterocycles. The molecule has 140 valence electrons. The number of aromatic nitrogens is 2. The summed E-state index contributed by atoms with van der Waals surface area (Å²) in [4.78, 5) is 24.5. The molecule has 5 rings (SSSR count). The number of rotatable bonds is 2. The number of hydrogen-bond acceptors (Lipinski definition) is 6. The van der Waals surface area contributed by atoms with Crippen molar-refractivity contribution in [3.63, 3.8) is 0 Å². The van der Waals surface area contributed by atoms with Gasteiger partial charge in [-0.3, -0.25) is 4.79 Å². The minimum atomic E-state index is -0.329. The average Bonchev–Trinajstić information content (AvgIpc) is 2.63. The van der Waals surface area contributed by atoms with Crippen LogP contribution in [0.25, 0.3) is 11.0 Å². The van der Waals surface area contributed by atoms with Crippen molar-refractivity contribution >= 4 is 22.5 Å². The van der Waals surface area contributed by atoms with Crippen LogP contribution in [0.5, 0.6) is 0 Å². The van der Waals surface area contributed by atoms with Gasteiger partial charge in [-0.2, -0.15) is 5.26 Å². The molecule has 2 aromatic rings. The van der Waals surface area contributed by atoms with E-state index in [1.54, 1.807) is 0 Å². The number of H-pyrrole nitrogens is 1. The Morgan fingerprint density at radius 2 is 1.93 bits per heavy atom. The summed E-state index contributed by atoms with van der Waals surface area (Å²) in [6.07, 6.45) is 6.24. The Hall–Kier alpha value is -2.59. The minimum absolute atomic E-state index is 0.178. The van der Waals surface area contributed by atoms with Gasteiger partial charge >= 0.3 is 0 Å². The lowest BCUT2D eigenvalue weighted by molar-refractivity contribution is 0.0955. The van der Waals surface area contributed by atoms with Gasteiger partial charge in [-0.25, -0.2) is 4.98 Å². The van der Waals surface area contributed by atoms with Crippen LogP contribution in [-0.4, -0.2) is 42.2 Å². The number of aromatic amines is 1. The molecule has 3 N–H and O–H groups in total. The first-order valence-electron chi connectivity index (χ1n) is 9.81. The van der Waals surface area contributed by atoms with Crippen molar-refractivity contribution in [1.82, 2.24) is 9.97 Å². The van der Waals surface area contributed by atoms with Crippen molar-refractivity contribution < 1.29 is 0 Å². The molecule has 1 saturated carbocycles. The average molecular weight is 364 g/mol. The lowest BCUT2D eigenvalue weighted by Gasteiger charge is -2.48. The molecule has 0 radical (unpaired) electrons. The zero-order valence-electron chi connectivity index (χ0n) is 15.4. The third-order valence-electron chi connectivity index (χ3n) is 6.72. The van der Waals surface area contributed by atoms with E-state index in [-0.39, 0.29) is 17.2 Å². The van der Waals surface area contributed by atoms with E-state index in [0.29, 0.717) is 22.1 Å². The van der Waals surface area contributed by atoms with Crippen molar-refractivity contribution in [2.45, 2.75) is 38.1 Å². The topological polar surface area (TPSA) is 102 Å². The molecular weight excluding hydrogens is 340 g/mol. The van der Waals surface area contributed by atoms with Crippen LogP contribution >= 0.6 is 0 Å². The lowest BCUT2D eigenvalue weighted by atomic mass is 9.63. The standard InChI is InChI=1S/C20H24N6O/c21-10-14-18(25-8-6-20(7-9-25)4-1-5-20)17-15(23-19(14)27)2-3-16(24-17)26-11-13(22)12-26/h2-3,13H,1,4-9,11-12,22H2,(H,23,27). The SMILES string of the molecule is N#Cc1c(N2CCC3(CCC3)CC2)c2nc(N3CC(N)C3)ccc2[nH]c1=O. The van der Waals surface area contributed by atoms with Gasteiger partial charge in [-0.1, -0.05) is 6.42 Å². The van der Waals surface area contributed by atoms with Crippen LogP contribution in [0, 0.1) is 16.7 Å². The van der Waals surface area contributed by atoms with Gasteiger partial charge in [-0.15, -0.1) is 0 Å². The highest BCUT2D eigenvalue weighted by Gasteiger charge is 2.40. The summed E-state index contributed by atoms with van der Waals surface area (Å²) in [6.45, 7) is 3.34. The Morgan fingerprint density at radius 3 is 2.52 bits per heavy atom. The summed E-state index contributed by atoms with van der Waals surface area (Å²) in [6, 6.07) is 6.12. The molecule has 3 fully saturated rings. The maximum absolute atomic E-state index is 12.5. The number of piperidine rings is 1. The van der Waals surface area contributed by atoms with Gasteiger partial charge in [0.2, 0.25) is 0 Å². The number of hydrogen-bond donors (Lipinski definition) is 2. The Labute approximate surface area is 157 Å². The number of nitrogens with one attached hydrogen (secondary N) is 1. The predicted molar refractivity (Wildman–Crippen MR) is 105 cm³/mol. The number of nitrogens with zero attached hydrogens (tertiary/aromatic N) is 4. The van der Waals surface area contributed by atoms with Crippen molar-refractivity contribution in [3.8, 4) is 6.07 Å². The molecule has 27 heavy (non-hydrogen) atoms. The molecule has 7 heteroatoms. The molecule has 2 aliphatic heterocycles. The first kappa shape index (κ1) is 16.6. The summed E-state index contributed by atoms with van der Waals surface area (Å²) >= 11 is 0. The number of fused-ring (bicyclic) bond motifs is 1. The van der Waals surface area contributed by atoms with Crippen LogP contribution < -0.4 is 21.1 Å². The Morgan fingerprint density at radius 1 is 1.19 bits per heavy atom. The van der Waals surface area contributed by atoms with Gasteiger partial charge in [0.05, 0.1) is 11.2 Å². The largest absolute Gasteiger partial charge is 0.368 e. The van der Waals surface area contributed by atoms with E-state index in [2.05, 4.69) is 20.9 Å². The highest BCUT2D eigenvalue weighted by Crippen LogP contribution is 2.49. The predicted octanol–water partition coefficient (Wildman–Crippen LogP) is 1.71. The summed E-state index contributed by atoms with van der Waals surface area (Å²) in [5.41, 5.74) is 8.37. The molecule has 7 nitrogen and oxygen atoms in total. The van der Waals surface area contributed by atoms with Crippen molar-refractivity contribution in [2.75, 3.05) is 36.0 Å². The Balaban J connectivity index is 1.58. The lowest BCUT2D eigenvalue weighted by Crippen LogP contribution is -2.56. The molecule has 2 saturated heterocycles. The quantitative estimate of drug-likeness (QED) is 0.841. The summed E-state index contributed by atoms with van der Waals surface area (Å²) < 4.78 is 0. The van der Waals surface area contributed by atoms with Crippen LogP contribution in [-0.2, 0) is 0 Å². The second-order valence-electron chi connectivity index (χ2n) is 8.36. The van der Waals surface area contributed by atoms with Crippen LogP contribution in [0.15, 0.2) is 16.9 Å². The highest BCUT2D eigenvalue weighted by atomic mass is 16.1.